The van der Waals surface area contributed by atoms with E-state index >= 15 is 0 Å². The lowest BCUT2D eigenvalue weighted by atomic mass is 10.2. The summed E-state index contributed by atoms with van der Waals surface area (Å²) >= 11 is 0. The van der Waals surface area contributed by atoms with Crippen LogP contribution in [0.4, 0.5) is 5.69 Å². The zero-order valence-electron chi connectivity index (χ0n) is 10.7. The fourth-order valence-electron chi connectivity index (χ4n) is 1.70. The third-order valence-electron chi connectivity index (χ3n) is 2.71. The van der Waals surface area contributed by atoms with Crippen LogP contribution >= 0.6 is 0 Å². The van der Waals surface area contributed by atoms with Gasteiger partial charge in [0.15, 0.2) is 0 Å². The molecule has 5 nitrogen and oxygen atoms in total. The molecule has 0 unspecified atom stereocenters. The highest BCUT2D eigenvalue weighted by Gasteiger charge is 2.03. The van der Waals surface area contributed by atoms with E-state index in [-0.39, 0.29) is 0 Å². The topological polar surface area (TPSA) is 52.0 Å². The minimum absolute atomic E-state index is 0.365. The van der Waals surface area contributed by atoms with Crippen LogP contribution in [0.15, 0.2) is 36.8 Å². The van der Waals surface area contributed by atoms with Gasteiger partial charge < -0.3 is 10.1 Å². The Morgan fingerprint density at radius 2 is 2.33 bits per heavy atom. The molecule has 1 N–H and O–H groups in total. The molecule has 5 heteroatoms. The van der Waals surface area contributed by atoms with Crippen LogP contribution in [0.25, 0.3) is 0 Å². The third kappa shape index (κ3) is 3.48. The first-order valence-electron chi connectivity index (χ1n) is 6.02. The van der Waals surface area contributed by atoms with Gasteiger partial charge in [0, 0.05) is 31.0 Å². The van der Waals surface area contributed by atoms with Crippen molar-refractivity contribution >= 4 is 5.69 Å². The minimum Gasteiger partial charge on any atom is -0.481 e. The average molecular weight is 246 g/mol. The zero-order chi connectivity index (χ0) is 12.8. The van der Waals surface area contributed by atoms with Crippen LogP contribution in [0.1, 0.15) is 13.3 Å². The zero-order valence-corrected chi connectivity index (χ0v) is 10.7. The summed E-state index contributed by atoms with van der Waals surface area (Å²) in [5.41, 5.74) is 1.00. The summed E-state index contributed by atoms with van der Waals surface area (Å²) in [4.78, 5) is 4.16. The smallest absolute Gasteiger partial charge is 0.213 e. The van der Waals surface area contributed by atoms with Crippen molar-refractivity contribution in [3.8, 4) is 5.88 Å². The number of methoxy groups -OCH3 is 1. The number of hydrogen-bond donors (Lipinski definition) is 1. The van der Waals surface area contributed by atoms with Crippen molar-refractivity contribution in [3.63, 3.8) is 0 Å². The lowest BCUT2D eigenvalue weighted by molar-refractivity contribution is 0.398. The second-order valence-corrected chi connectivity index (χ2v) is 4.19. The van der Waals surface area contributed by atoms with E-state index in [9.17, 15) is 0 Å². The normalized spacial score (nSPS) is 12.1. The van der Waals surface area contributed by atoms with Crippen LogP contribution in [0, 0.1) is 0 Å². The standard InChI is InChI=1S/C13H18N4O/c1-11(6-9-17-8-3-7-15-17)16-12-4-5-13(18-2)14-10-12/h3-5,7-8,10-11,16H,6,9H2,1-2H3/t11-/m0/s1. The molecule has 0 saturated carbocycles. The Morgan fingerprint density at radius 3 is 2.94 bits per heavy atom. The van der Waals surface area contributed by atoms with E-state index in [4.69, 9.17) is 4.74 Å². The number of rotatable bonds is 6. The highest BCUT2D eigenvalue weighted by Crippen LogP contribution is 2.12. The van der Waals surface area contributed by atoms with E-state index in [0.29, 0.717) is 11.9 Å². The van der Waals surface area contributed by atoms with Crippen molar-refractivity contribution in [2.45, 2.75) is 25.9 Å². The van der Waals surface area contributed by atoms with Crippen LogP contribution in [0.5, 0.6) is 5.88 Å². The maximum Gasteiger partial charge on any atom is 0.213 e. The number of pyridine rings is 1. The van der Waals surface area contributed by atoms with Crippen molar-refractivity contribution in [2.75, 3.05) is 12.4 Å². The Labute approximate surface area is 107 Å². The predicted molar refractivity (Wildman–Crippen MR) is 70.7 cm³/mol. The molecule has 0 amide bonds. The van der Waals surface area contributed by atoms with Gasteiger partial charge in [0.05, 0.1) is 19.0 Å². The van der Waals surface area contributed by atoms with E-state index in [1.165, 1.54) is 0 Å². The van der Waals surface area contributed by atoms with Crippen LogP contribution in [-0.4, -0.2) is 27.9 Å². The summed E-state index contributed by atoms with van der Waals surface area (Å²) in [6, 6.07) is 6.12. The van der Waals surface area contributed by atoms with Crippen molar-refractivity contribution in [1.82, 2.24) is 14.8 Å². The molecule has 2 heterocycles. The first kappa shape index (κ1) is 12.4. The van der Waals surface area contributed by atoms with Gasteiger partial charge in [-0.3, -0.25) is 4.68 Å². The van der Waals surface area contributed by atoms with Crippen LogP contribution in [0.2, 0.25) is 0 Å². The van der Waals surface area contributed by atoms with Gasteiger partial charge in [-0.1, -0.05) is 0 Å². The molecule has 0 radical (unpaired) electrons. The van der Waals surface area contributed by atoms with Crippen LogP contribution in [0.3, 0.4) is 0 Å². The van der Waals surface area contributed by atoms with Gasteiger partial charge in [-0.25, -0.2) is 4.98 Å². The molecule has 96 valence electrons. The van der Waals surface area contributed by atoms with E-state index in [1.807, 2.05) is 29.1 Å². The molecule has 1 atom stereocenters. The number of anilines is 1. The van der Waals surface area contributed by atoms with Gasteiger partial charge in [-0.15, -0.1) is 0 Å². The monoisotopic (exact) mass is 246 g/mol. The lowest BCUT2D eigenvalue weighted by Gasteiger charge is -2.15. The first-order valence-corrected chi connectivity index (χ1v) is 6.02. The molecule has 0 spiro atoms. The maximum atomic E-state index is 5.02. The summed E-state index contributed by atoms with van der Waals surface area (Å²) < 4.78 is 6.96. The second kappa shape index (κ2) is 6.05. The SMILES string of the molecule is COc1ccc(N[C@@H](C)CCn2cccn2)cn1. The fraction of sp³-hybridized carbons (Fsp3) is 0.385. The number of aryl methyl sites for hydroxylation is 1. The highest BCUT2D eigenvalue weighted by molar-refractivity contribution is 5.42. The molecule has 0 saturated heterocycles. The Morgan fingerprint density at radius 1 is 1.44 bits per heavy atom. The Balaban J connectivity index is 1.80. The van der Waals surface area contributed by atoms with Gasteiger partial charge in [-0.2, -0.15) is 5.10 Å². The number of aromatic nitrogens is 3. The van der Waals surface area contributed by atoms with Crippen LogP contribution in [-0.2, 0) is 6.54 Å². The van der Waals surface area contributed by atoms with Crippen molar-refractivity contribution in [3.05, 3.63) is 36.8 Å². The number of hydrogen-bond acceptors (Lipinski definition) is 4. The van der Waals surface area contributed by atoms with Crippen LogP contribution < -0.4 is 10.1 Å². The van der Waals surface area contributed by atoms with Gasteiger partial charge >= 0.3 is 0 Å². The largest absolute Gasteiger partial charge is 0.481 e. The average Bonchev–Trinajstić information content (AvgIpc) is 2.90. The molecule has 0 aliphatic carbocycles. The highest BCUT2D eigenvalue weighted by atomic mass is 16.5. The van der Waals surface area contributed by atoms with Crippen molar-refractivity contribution in [2.24, 2.45) is 0 Å². The van der Waals surface area contributed by atoms with Gasteiger partial charge in [0.2, 0.25) is 5.88 Å². The van der Waals surface area contributed by atoms with E-state index < -0.39 is 0 Å². The molecule has 2 aromatic heterocycles. The third-order valence-corrected chi connectivity index (χ3v) is 2.71. The minimum atomic E-state index is 0.365. The first-order chi connectivity index (χ1) is 8.78. The number of nitrogens with one attached hydrogen (secondary N) is 1. The fourth-order valence-corrected chi connectivity index (χ4v) is 1.70. The van der Waals surface area contributed by atoms with E-state index in [0.717, 1.165) is 18.7 Å². The molecular weight excluding hydrogens is 228 g/mol. The molecule has 0 aliphatic rings. The molecule has 0 bridgehead atoms. The van der Waals surface area contributed by atoms with Gasteiger partial charge in [0.25, 0.3) is 0 Å². The molecular formula is C13H18N4O. The summed E-state index contributed by atoms with van der Waals surface area (Å²) in [6.45, 7) is 3.05. The maximum absolute atomic E-state index is 5.02. The van der Waals surface area contributed by atoms with E-state index in [1.54, 1.807) is 19.5 Å². The molecule has 0 aromatic carbocycles. The van der Waals surface area contributed by atoms with Crippen molar-refractivity contribution < 1.29 is 4.74 Å². The van der Waals surface area contributed by atoms with Gasteiger partial charge in [0.1, 0.15) is 0 Å². The molecule has 0 fully saturated rings. The Bertz CT molecular complexity index is 452. The summed E-state index contributed by atoms with van der Waals surface area (Å²) in [5, 5.41) is 7.57. The van der Waals surface area contributed by atoms with E-state index in [2.05, 4.69) is 22.3 Å². The Hall–Kier alpha value is -2.04. The summed E-state index contributed by atoms with van der Waals surface area (Å²) in [5.74, 6) is 0.629. The van der Waals surface area contributed by atoms with Crippen molar-refractivity contribution in [1.29, 1.82) is 0 Å². The predicted octanol–water partition coefficient (Wildman–Crippen LogP) is 2.18. The second-order valence-electron chi connectivity index (χ2n) is 4.19. The lowest BCUT2D eigenvalue weighted by Crippen LogP contribution is -2.18. The molecule has 2 rings (SSSR count). The Kier molecular flexibility index (Phi) is 4.17. The summed E-state index contributed by atoms with van der Waals surface area (Å²) in [6.07, 6.45) is 6.56. The molecule has 0 aliphatic heterocycles. The molecule has 18 heavy (non-hydrogen) atoms. The molecule has 2 aromatic rings. The summed E-state index contributed by atoms with van der Waals surface area (Å²) in [7, 11) is 1.61. The number of ether oxygens (including phenoxy) is 1. The number of nitrogens with zero attached hydrogens (tertiary/aromatic N) is 3. The quantitative estimate of drug-likeness (QED) is 0.848. The van der Waals surface area contributed by atoms with Gasteiger partial charge in [-0.05, 0) is 25.5 Å².